The SMILES string of the molecule is O=C1c2cccc3cc([N+](=O)[O-])cc(c23)C(=O)N1CCCl. The van der Waals surface area contributed by atoms with Crippen LogP contribution in [0.4, 0.5) is 5.69 Å². The fourth-order valence-corrected chi connectivity index (χ4v) is 2.70. The van der Waals surface area contributed by atoms with Crippen molar-refractivity contribution in [2.24, 2.45) is 0 Å². The van der Waals surface area contributed by atoms with Crippen molar-refractivity contribution in [3.63, 3.8) is 0 Å². The van der Waals surface area contributed by atoms with E-state index >= 15 is 0 Å². The first-order valence-corrected chi connectivity index (χ1v) is 6.71. The Bertz CT molecular complexity index is 803. The molecule has 0 fully saturated rings. The Morgan fingerprint density at radius 1 is 1.14 bits per heavy atom. The Balaban J connectivity index is 2.35. The van der Waals surface area contributed by atoms with Gasteiger partial charge in [-0.15, -0.1) is 11.6 Å². The molecular weight excluding hydrogens is 296 g/mol. The van der Waals surface area contributed by atoms with Gasteiger partial charge in [0, 0.05) is 35.5 Å². The summed E-state index contributed by atoms with van der Waals surface area (Å²) < 4.78 is 0. The zero-order valence-electron chi connectivity index (χ0n) is 10.7. The first kappa shape index (κ1) is 13.5. The smallest absolute Gasteiger partial charge is 0.270 e. The molecule has 2 aromatic carbocycles. The molecule has 0 aromatic heterocycles. The van der Waals surface area contributed by atoms with E-state index in [9.17, 15) is 19.7 Å². The highest BCUT2D eigenvalue weighted by Gasteiger charge is 2.33. The third-order valence-electron chi connectivity index (χ3n) is 3.43. The van der Waals surface area contributed by atoms with E-state index < -0.39 is 16.7 Å². The normalized spacial score (nSPS) is 13.9. The number of imide groups is 1. The van der Waals surface area contributed by atoms with Crippen LogP contribution in [0.5, 0.6) is 0 Å². The van der Waals surface area contributed by atoms with Crippen molar-refractivity contribution < 1.29 is 14.5 Å². The summed E-state index contributed by atoms with van der Waals surface area (Å²) in [5.41, 5.74) is 0.352. The number of carbonyl (C=O) groups excluding carboxylic acids is 2. The summed E-state index contributed by atoms with van der Waals surface area (Å²) in [6.07, 6.45) is 0. The minimum atomic E-state index is -0.557. The molecule has 0 atom stereocenters. The molecule has 1 heterocycles. The Hall–Kier alpha value is -2.47. The summed E-state index contributed by atoms with van der Waals surface area (Å²) in [6.45, 7) is 0.0672. The number of alkyl halides is 1. The number of halogens is 1. The fourth-order valence-electron chi connectivity index (χ4n) is 2.54. The number of carbonyl (C=O) groups is 2. The summed E-state index contributed by atoms with van der Waals surface area (Å²) in [4.78, 5) is 36.2. The van der Waals surface area contributed by atoms with Crippen molar-refractivity contribution in [2.45, 2.75) is 0 Å². The van der Waals surface area contributed by atoms with Crippen LogP contribution in [-0.4, -0.2) is 34.1 Å². The topological polar surface area (TPSA) is 80.5 Å². The van der Waals surface area contributed by atoms with E-state index in [1.54, 1.807) is 18.2 Å². The van der Waals surface area contributed by atoms with Gasteiger partial charge in [0.1, 0.15) is 0 Å². The Morgan fingerprint density at radius 2 is 1.86 bits per heavy atom. The maximum absolute atomic E-state index is 12.4. The molecule has 0 spiro atoms. The molecule has 0 saturated carbocycles. The van der Waals surface area contributed by atoms with Crippen LogP contribution in [0.25, 0.3) is 10.8 Å². The van der Waals surface area contributed by atoms with Crippen molar-refractivity contribution in [2.75, 3.05) is 12.4 Å². The lowest BCUT2D eigenvalue weighted by molar-refractivity contribution is -0.384. The van der Waals surface area contributed by atoms with Crippen molar-refractivity contribution >= 4 is 39.9 Å². The lowest BCUT2D eigenvalue weighted by Gasteiger charge is -2.26. The highest BCUT2D eigenvalue weighted by Crippen LogP contribution is 2.33. The highest BCUT2D eigenvalue weighted by atomic mass is 35.5. The number of hydrogen-bond donors (Lipinski definition) is 0. The second-order valence-corrected chi connectivity index (χ2v) is 4.98. The zero-order chi connectivity index (χ0) is 15.1. The van der Waals surface area contributed by atoms with Crippen molar-refractivity contribution in [3.8, 4) is 0 Å². The summed E-state index contributed by atoms with van der Waals surface area (Å²) in [7, 11) is 0. The van der Waals surface area contributed by atoms with Gasteiger partial charge < -0.3 is 0 Å². The molecule has 2 amide bonds. The molecule has 0 saturated heterocycles. The van der Waals surface area contributed by atoms with Crippen LogP contribution >= 0.6 is 11.6 Å². The number of nitro groups is 1. The molecule has 0 radical (unpaired) electrons. The van der Waals surface area contributed by atoms with Gasteiger partial charge in [-0.25, -0.2) is 0 Å². The molecule has 7 heteroatoms. The first-order valence-electron chi connectivity index (χ1n) is 6.18. The Kier molecular flexibility index (Phi) is 3.10. The van der Waals surface area contributed by atoms with Crippen LogP contribution < -0.4 is 0 Å². The predicted octanol–water partition coefficient (Wildman–Crippen LogP) is 2.58. The molecule has 0 bridgehead atoms. The van der Waals surface area contributed by atoms with E-state index in [1.807, 2.05) is 0 Å². The standard InChI is InChI=1S/C14H9ClN2O4/c15-4-5-16-13(18)10-3-1-2-8-6-9(17(20)21)7-11(12(8)10)14(16)19/h1-3,6-7H,4-5H2. The lowest BCUT2D eigenvalue weighted by atomic mass is 9.93. The molecule has 1 aliphatic heterocycles. The second kappa shape index (κ2) is 4.82. The van der Waals surface area contributed by atoms with Gasteiger partial charge in [0.25, 0.3) is 17.5 Å². The second-order valence-electron chi connectivity index (χ2n) is 4.61. The zero-order valence-corrected chi connectivity index (χ0v) is 11.5. The number of benzene rings is 2. The van der Waals surface area contributed by atoms with Gasteiger partial charge in [-0.2, -0.15) is 0 Å². The molecular formula is C14H9ClN2O4. The quantitative estimate of drug-likeness (QED) is 0.378. The van der Waals surface area contributed by atoms with E-state index in [2.05, 4.69) is 0 Å². The number of rotatable bonds is 3. The van der Waals surface area contributed by atoms with E-state index in [-0.39, 0.29) is 23.7 Å². The fraction of sp³-hybridized carbons (Fsp3) is 0.143. The highest BCUT2D eigenvalue weighted by molar-refractivity contribution is 6.26. The molecule has 0 unspecified atom stereocenters. The summed E-state index contributed by atoms with van der Waals surface area (Å²) in [6, 6.07) is 7.46. The van der Waals surface area contributed by atoms with Crippen LogP contribution in [0.15, 0.2) is 30.3 Å². The Labute approximate surface area is 124 Å². The predicted molar refractivity (Wildman–Crippen MR) is 76.7 cm³/mol. The molecule has 6 nitrogen and oxygen atoms in total. The number of nitrogens with zero attached hydrogens (tertiary/aromatic N) is 2. The largest absolute Gasteiger partial charge is 0.273 e. The Morgan fingerprint density at radius 3 is 2.52 bits per heavy atom. The third kappa shape index (κ3) is 1.95. The van der Waals surface area contributed by atoms with Gasteiger partial charge in [-0.1, -0.05) is 12.1 Å². The molecule has 21 heavy (non-hydrogen) atoms. The molecule has 3 rings (SSSR count). The van der Waals surface area contributed by atoms with Crippen molar-refractivity contribution in [3.05, 3.63) is 51.6 Å². The molecule has 2 aromatic rings. The van der Waals surface area contributed by atoms with Gasteiger partial charge in [-0.3, -0.25) is 24.6 Å². The van der Waals surface area contributed by atoms with E-state index in [0.29, 0.717) is 16.3 Å². The van der Waals surface area contributed by atoms with Gasteiger partial charge in [0.15, 0.2) is 0 Å². The average Bonchev–Trinajstić information content (AvgIpc) is 2.48. The number of hydrogen-bond acceptors (Lipinski definition) is 4. The van der Waals surface area contributed by atoms with Crippen molar-refractivity contribution in [1.82, 2.24) is 4.90 Å². The number of nitro benzene ring substituents is 1. The van der Waals surface area contributed by atoms with Gasteiger partial charge in [0.2, 0.25) is 0 Å². The summed E-state index contributed by atoms with van der Waals surface area (Å²) in [5, 5.41) is 12.0. The molecule has 106 valence electrons. The first-order chi connectivity index (χ1) is 10.0. The molecule has 0 aliphatic carbocycles. The van der Waals surface area contributed by atoms with Gasteiger partial charge in [-0.05, 0) is 11.5 Å². The van der Waals surface area contributed by atoms with E-state index in [4.69, 9.17) is 11.6 Å². The van der Waals surface area contributed by atoms with Gasteiger partial charge in [0.05, 0.1) is 10.5 Å². The van der Waals surface area contributed by atoms with Crippen LogP contribution in [0.1, 0.15) is 20.7 Å². The van der Waals surface area contributed by atoms with E-state index in [0.717, 1.165) is 4.90 Å². The third-order valence-corrected chi connectivity index (χ3v) is 3.60. The molecule has 0 N–H and O–H groups in total. The monoisotopic (exact) mass is 304 g/mol. The lowest BCUT2D eigenvalue weighted by Crippen LogP contribution is -2.41. The number of non-ortho nitro benzene ring substituents is 1. The number of amides is 2. The van der Waals surface area contributed by atoms with Crippen LogP contribution in [-0.2, 0) is 0 Å². The average molecular weight is 305 g/mol. The van der Waals surface area contributed by atoms with Crippen molar-refractivity contribution in [1.29, 1.82) is 0 Å². The maximum Gasteiger partial charge on any atom is 0.270 e. The minimum absolute atomic E-state index is 0.0672. The van der Waals surface area contributed by atoms with E-state index in [1.165, 1.54) is 12.1 Å². The van der Waals surface area contributed by atoms with Crippen LogP contribution in [0.2, 0.25) is 0 Å². The summed E-state index contributed by atoms with van der Waals surface area (Å²) in [5.74, 6) is -0.863. The van der Waals surface area contributed by atoms with Gasteiger partial charge >= 0.3 is 0 Å². The van der Waals surface area contributed by atoms with Crippen LogP contribution in [0, 0.1) is 10.1 Å². The minimum Gasteiger partial charge on any atom is -0.273 e. The van der Waals surface area contributed by atoms with Crippen LogP contribution in [0.3, 0.4) is 0 Å². The summed E-state index contributed by atoms with van der Waals surface area (Å²) >= 11 is 5.62. The maximum atomic E-state index is 12.4. The molecule has 1 aliphatic rings.